The molecule has 0 aliphatic rings. The lowest BCUT2D eigenvalue weighted by Gasteiger charge is -2.31. The highest BCUT2D eigenvalue weighted by atomic mass is 32.2. The number of hydrogen-bond donors (Lipinski definition) is 1. The highest BCUT2D eigenvalue weighted by molar-refractivity contribution is 8.00. The summed E-state index contributed by atoms with van der Waals surface area (Å²) in [6.07, 6.45) is 1.21. The lowest BCUT2D eigenvalue weighted by Crippen LogP contribution is -2.51. The molecule has 1 atom stereocenters. The van der Waals surface area contributed by atoms with Gasteiger partial charge in [0.05, 0.1) is 5.75 Å². The van der Waals surface area contributed by atoms with E-state index in [0.29, 0.717) is 13.0 Å². The highest BCUT2D eigenvalue weighted by Crippen LogP contribution is 2.21. The number of nitrogens with one attached hydrogen (secondary N) is 1. The molecule has 3 aromatic rings. The van der Waals surface area contributed by atoms with Crippen molar-refractivity contribution < 1.29 is 14.0 Å². The molecule has 2 amide bonds. The predicted octanol–water partition coefficient (Wildman–Crippen LogP) is 5.08. The van der Waals surface area contributed by atoms with Gasteiger partial charge in [0.2, 0.25) is 11.8 Å². The first-order valence-electron chi connectivity index (χ1n) is 11.1. The molecule has 0 saturated carbocycles. The average molecular weight is 465 g/mol. The van der Waals surface area contributed by atoms with Crippen LogP contribution >= 0.6 is 11.8 Å². The molecule has 172 valence electrons. The smallest absolute Gasteiger partial charge is 0.243 e. The van der Waals surface area contributed by atoms with Crippen LogP contribution in [0.1, 0.15) is 24.5 Å². The first-order chi connectivity index (χ1) is 16.1. The monoisotopic (exact) mass is 464 g/mol. The standard InChI is InChI=1S/C27H29FN2O2S/c1-2-17-29-27(32)25(18-21-9-5-3-6-10-21)30(19-22-13-15-23(28)16-14-22)26(31)20-33-24-11-7-4-8-12-24/h3-16,25H,2,17-20H2,1H3,(H,29,32). The molecule has 0 aromatic heterocycles. The van der Waals surface area contributed by atoms with Crippen molar-refractivity contribution in [2.75, 3.05) is 12.3 Å². The summed E-state index contributed by atoms with van der Waals surface area (Å²) in [5, 5.41) is 2.96. The summed E-state index contributed by atoms with van der Waals surface area (Å²) >= 11 is 1.44. The Hall–Kier alpha value is -3.12. The topological polar surface area (TPSA) is 49.4 Å². The fourth-order valence-corrected chi connectivity index (χ4v) is 4.26. The molecule has 0 spiro atoms. The fourth-order valence-electron chi connectivity index (χ4n) is 3.45. The van der Waals surface area contributed by atoms with Gasteiger partial charge >= 0.3 is 0 Å². The van der Waals surface area contributed by atoms with Gasteiger partial charge in [-0.2, -0.15) is 0 Å². The molecule has 0 heterocycles. The Labute approximate surface area is 199 Å². The van der Waals surface area contributed by atoms with Gasteiger partial charge in [0.25, 0.3) is 0 Å². The van der Waals surface area contributed by atoms with Crippen molar-refractivity contribution >= 4 is 23.6 Å². The van der Waals surface area contributed by atoms with Crippen molar-refractivity contribution in [1.82, 2.24) is 10.2 Å². The number of halogens is 1. The van der Waals surface area contributed by atoms with Crippen LogP contribution in [0.5, 0.6) is 0 Å². The van der Waals surface area contributed by atoms with E-state index in [1.54, 1.807) is 17.0 Å². The third-order valence-electron chi connectivity index (χ3n) is 5.19. The second-order valence-corrected chi connectivity index (χ2v) is 8.80. The molecule has 3 rings (SSSR count). The maximum atomic E-state index is 13.5. The van der Waals surface area contributed by atoms with Gasteiger partial charge in [0, 0.05) is 24.4 Å². The van der Waals surface area contributed by atoms with Gasteiger partial charge in [-0.15, -0.1) is 11.8 Å². The second kappa shape index (κ2) is 12.8. The molecule has 0 radical (unpaired) electrons. The number of carbonyl (C=O) groups is 2. The van der Waals surface area contributed by atoms with E-state index in [2.05, 4.69) is 5.32 Å². The lowest BCUT2D eigenvalue weighted by atomic mass is 10.0. The normalized spacial score (nSPS) is 11.6. The Morgan fingerprint density at radius 3 is 2.18 bits per heavy atom. The minimum atomic E-state index is -0.673. The van der Waals surface area contributed by atoms with E-state index < -0.39 is 6.04 Å². The minimum absolute atomic E-state index is 0.138. The molecule has 1 N–H and O–H groups in total. The number of rotatable bonds is 11. The fraction of sp³-hybridized carbons (Fsp3) is 0.259. The maximum Gasteiger partial charge on any atom is 0.243 e. The van der Waals surface area contributed by atoms with Crippen LogP contribution in [0.15, 0.2) is 89.8 Å². The average Bonchev–Trinajstić information content (AvgIpc) is 2.85. The molecule has 0 aliphatic heterocycles. The molecule has 0 aliphatic carbocycles. The van der Waals surface area contributed by atoms with Gasteiger partial charge in [0.1, 0.15) is 11.9 Å². The van der Waals surface area contributed by atoms with E-state index in [9.17, 15) is 14.0 Å². The van der Waals surface area contributed by atoms with Gasteiger partial charge in [-0.05, 0) is 41.8 Å². The van der Waals surface area contributed by atoms with Crippen LogP contribution in [0.2, 0.25) is 0 Å². The van der Waals surface area contributed by atoms with Crippen molar-refractivity contribution in [2.24, 2.45) is 0 Å². The molecule has 4 nitrogen and oxygen atoms in total. The molecular weight excluding hydrogens is 435 g/mol. The first kappa shape index (κ1) is 24.5. The Balaban J connectivity index is 1.87. The maximum absolute atomic E-state index is 13.5. The first-order valence-corrected chi connectivity index (χ1v) is 12.1. The second-order valence-electron chi connectivity index (χ2n) is 7.75. The van der Waals surface area contributed by atoms with E-state index in [0.717, 1.165) is 22.4 Å². The zero-order valence-electron chi connectivity index (χ0n) is 18.7. The molecule has 0 fully saturated rings. The third kappa shape index (κ3) is 7.75. The van der Waals surface area contributed by atoms with Crippen LogP contribution < -0.4 is 5.32 Å². The number of hydrogen-bond acceptors (Lipinski definition) is 3. The van der Waals surface area contributed by atoms with Crippen LogP contribution in [-0.2, 0) is 22.6 Å². The number of carbonyl (C=O) groups excluding carboxylic acids is 2. The molecule has 33 heavy (non-hydrogen) atoms. The van der Waals surface area contributed by atoms with Crippen molar-refractivity contribution in [3.8, 4) is 0 Å². The van der Waals surface area contributed by atoms with Gasteiger partial charge in [-0.1, -0.05) is 67.6 Å². The van der Waals surface area contributed by atoms with E-state index in [1.807, 2.05) is 67.6 Å². The number of amides is 2. The Morgan fingerprint density at radius 1 is 0.909 bits per heavy atom. The van der Waals surface area contributed by atoms with E-state index in [-0.39, 0.29) is 29.9 Å². The van der Waals surface area contributed by atoms with Crippen molar-refractivity contribution in [3.63, 3.8) is 0 Å². The lowest BCUT2D eigenvalue weighted by molar-refractivity contribution is -0.139. The van der Waals surface area contributed by atoms with Gasteiger partial charge < -0.3 is 10.2 Å². The van der Waals surface area contributed by atoms with Crippen molar-refractivity contribution in [3.05, 3.63) is 102 Å². The highest BCUT2D eigenvalue weighted by Gasteiger charge is 2.30. The molecule has 0 saturated heterocycles. The summed E-state index contributed by atoms with van der Waals surface area (Å²) in [6, 6.07) is 24.8. The zero-order chi connectivity index (χ0) is 23.5. The molecule has 0 bridgehead atoms. The quantitative estimate of drug-likeness (QED) is 0.403. The molecule has 1 unspecified atom stereocenters. The Kier molecular flexibility index (Phi) is 9.51. The van der Waals surface area contributed by atoms with E-state index >= 15 is 0 Å². The summed E-state index contributed by atoms with van der Waals surface area (Å²) in [5.74, 6) is -0.447. The van der Waals surface area contributed by atoms with Gasteiger partial charge in [-0.3, -0.25) is 9.59 Å². The predicted molar refractivity (Wildman–Crippen MR) is 131 cm³/mol. The number of thioether (sulfide) groups is 1. The zero-order valence-corrected chi connectivity index (χ0v) is 19.6. The number of nitrogens with zero attached hydrogens (tertiary/aromatic N) is 1. The summed E-state index contributed by atoms with van der Waals surface area (Å²) in [4.78, 5) is 29.3. The summed E-state index contributed by atoms with van der Waals surface area (Å²) in [5.41, 5.74) is 1.75. The summed E-state index contributed by atoms with van der Waals surface area (Å²) < 4.78 is 13.5. The largest absolute Gasteiger partial charge is 0.354 e. The molecule has 6 heteroatoms. The Morgan fingerprint density at radius 2 is 1.55 bits per heavy atom. The van der Waals surface area contributed by atoms with Crippen LogP contribution in [0.3, 0.4) is 0 Å². The van der Waals surface area contributed by atoms with Crippen LogP contribution in [0.4, 0.5) is 4.39 Å². The third-order valence-corrected chi connectivity index (χ3v) is 6.19. The van der Waals surface area contributed by atoms with Crippen molar-refractivity contribution in [1.29, 1.82) is 0 Å². The van der Waals surface area contributed by atoms with Crippen LogP contribution in [-0.4, -0.2) is 35.1 Å². The summed E-state index contributed by atoms with van der Waals surface area (Å²) in [6.45, 7) is 2.76. The van der Waals surface area contributed by atoms with E-state index in [4.69, 9.17) is 0 Å². The minimum Gasteiger partial charge on any atom is -0.354 e. The molecule has 3 aromatic carbocycles. The SMILES string of the molecule is CCCNC(=O)C(Cc1ccccc1)N(Cc1ccc(F)cc1)C(=O)CSc1ccccc1. The van der Waals surface area contributed by atoms with Crippen LogP contribution in [0, 0.1) is 5.82 Å². The van der Waals surface area contributed by atoms with Crippen molar-refractivity contribution in [2.45, 2.75) is 37.2 Å². The Bertz CT molecular complexity index is 1010. The van der Waals surface area contributed by atoms with E-state index in [1.165, 1.54) is 23.9 Å². The van der Waals surface area contributed by atoms with Crippen LogP contribution in [0.25, 0.3) is 0 Å². The summed E-state index contributed by atoms with van der Waals surface area (Å²) in [7, 11) is 0. The van der Waals surface area contributed by atoms with Gasteiger partial charge in [-0.25, -0.2) is 4.39 Å². The number of benzene rings is 3. The van der Waals surface area contributed by atoms with Gasteiger partial charge in [0.15, 0.2) is 0 Å². The molecular formula is C27H29FN2O2S.